The lowest BCUT2D eigenvalue weighted by Gasteiger charge is -2.13. The van der Waals surface area contributed by atoms with E-state index in [2.05, 4.69) is 9.84 Å². The van der Waals surface area contributed by atoms with E-state index in [9.17, 15) is 32.3 Å². The lowest BCUT2D eigenvalue weighted by Crippen LogP contribution is -2.42. The number of aryl methyl sites for hydroxylation is 1. The fourth-order valence-corrected chi connectivity index (χ4v) is 2.16. The van der Waals surface area contributed by atoms with E-state index in [1.165, 1.54) is 13.0 Å². The Kier molecular flexibility index (Phi) is 6.36. The molecule has 1 aromatic carbocycles. The predicted molar refractivity (Wildman–Crippen MR) is 91.8 cm³/mol. The molecule has 0 aliphatic heterocycles. The van der Waals surface area contributed by atoms with Gasteiger partial charge in [0.1, 0.15) is 0 Å². The largest absolute Gasteiger partial charge is 0.451 e. The van der Waals surface area contributed by atoms with Crippen molar-refractivity contribution in [1.82, 2.24) is 20.6 Å². The second-order valence-electron chi connectivity index (χ2n) is 5.76. The van der Waals surface area contributed by atoms with Gasteiger partial charge in [-0.1, -0.05) is 6.07 Å². The zero-order chi connectivity index (χ0) is 21.8. The first-order valence-corrected chi connectivity index (χ1v) is 8.00. The molecule has 0 saturated carbocycles. The lowest BCUT2D eigenvalue weighted by atomic mass is 10.2. The van der Waals surface area contributed by atoms with Gasteiger partial charge < -0.3 is 4.74 Å². The first-order valence-electron chi connectivity index (χ1n) is 8.00. The van der Waals surface area contributed by atoms with E-state index in [4.69, 9.17) is 0 Å². The maximum Gasteiger partial charge on any atom is 0.416 e. The van der Waals surface area contributed by atoms with Gasteiger partial charge >= 0.3 is 12.1 Å². The van der Waals surface area contributed by atoms with Crippen LogP contribution >= 0.6 is 0 Å². The number of carbonyl (C=O) groups excluding carboxylic acids is 3. The van der Waals surface area contributed by atoms with Crippen molar-refractivity contribution >= 4 is 17.8 Å². The van der Waals surface area contributed by atoms with Crippen molar-refractivity contribution in [2.75, 3.05) is 6.61 Å². The molecule has 0 radical (unpaired) electrons. The van der Waals surface area contributed by atoms with Crippen LogP contribution in [-0.2, 0) is 20.5 Å². The molecule has 0 atom stereocenters. The summed E-state index contributed by atoms with van der Waals surface area (Å²) in [6, 6.07) is 5.14. The van der Waals surface area contributed by atoms with Crippen LogP contribution in [0.15, 0.2) is 35.1 Å². The van der Waals surface area contributed by atoms with Crippen LogP contribution in [0.1, 0.15) is 28.7 Å². The number of hydrazine groups is 1. The summed E-state index contributed by atoms with van der Waals surface area (Å²) in [6.07, 6.45) is -4.59. The van der Waals surface area contributed by atoms with E-state index in [1.807, 2.05) is 10.9 Å². The van der Waals surface area contributed by atoms with Crippen LogP contribution in [0.2, 0.25) is 0 Å². The topological polar surface area (TPSA) is 119 Å². The number of hydrogen-bond acceptors (Lipinski definition) is 6. The van der Waals surface area contributed by atoms with E-state index in [-0.39, 0.29) is 11.4 Å². The third-order valence-corrected chi connectivity index (χ3v) is 3.43. The Hall–Kier alpha value is -3.70. The number of halogens is 3. The Morgan fingerprint density at radius 2 is 1.86 bits per heavy atom. The minimum absolute atomic E-state index is 0.0326. The van der Waals surface area contributed by atoms with Gasteiger partial charge in [-0.25, -0.2) is 9.48 Å². The van der Waals surface area contributed by atoms with Gasteiger partial charge in [-0.15, -0.1) is 0 Å². The molecule has 1 heterocycles. The minimum atomic E-state index is -4.59. The molecule has 9 nitrogen and oxygen atoms in total. The Labute approximate surface area is 161 Å². The first-order chi connectivity index (χ1) is 13.5. The first kappa shape index (κ1) is 21.6. The molecule has 12 heteroatoms. The van der Waals surface area contributed by atoms with Gasteiger partial charge in [-0.05, 0) is 25.1 Å². The van der Waals surface area contributed by atoms with Crippen molar-refractivity contribution in [3.8, 4) is 5.69 Å². The smallest absolute Gasteiger partial charge is 0.416 e. The number of aromatic nitrogens is 2. The average Bonchev–Trinajstić information content (AvgIpc) is 2.64. The number of nitrogens with zero attached hydrogens (tertiary/aromatic N) is 2. The quantitative estimate of drug-likeness (QED) is 0.569. The summed E-state index contributed by atoms with van der Waals surface area (Å²) in [4.78, 5) is 46.2. The van der Waals surface area contributed by atoms with Crippen LogP contribution in [0.3, 0.4) is 0 Å². The summed E-state index contributed by atoms with van der Waals surface area (Å²) in [5.41, 5.74) is 1.57. The van der Waals surface area contributed by atoms with Crippen molar-refractivity contribution in [2.45, 2.75) is 20.0 Å². The summed E-state index contributed by atoms with van der Waals surface area (Å²) in [6.45, 7) is 1.74. The highest BCUT2D eigenvalue weighted by Crippen LogP contribution is 2.30. The van der Waals surface area contributed by atoms with Crippen LogP contribution in [0.25, 0.3) is 5.69 Å². The summed E-state index contributed by atoms with van der Waals surface area (Å²) in [7, 11) is 0. The summed E-state index contributed by atoms with van der Waals surface area (Å²) >= 11 is 0. The number of benzene rings is 1. The van der Waals surface area contributed by atoms with Crippen molar-refractivity contribution in [3.05, 3.63) is 57.5 Å². The normalized spacial score (nSPS) is 10.9. The van der Waals surface area contributed by atoms with Gasteiger partial charge in [0, 0.05) is 18.7 Å². The molecule has 1 aromatic heterocycles. The number of amides is 2. The standard InChI is InChI=1S/C17H15F3N4O5/c1-9-6-13(26)15(16(28)29-8-14(27)22-21-10(2)25)23-24(9)12-5-3-4-11(7-12)17(18,19)20/h3-7H,8H2,1-2H3,(H,21,25)(H,22,27). The molecule has 0 unspecified atom stereocenters. The van der Waals surface area contributed by atoms with Crippen LogP contribution in [-0.4, -0.2) is 34.2 Å². The molecule has 0 bridgehead atoms. The number of rotatable bonds is 4. The number of alkyl halides is 3. The fourth-order valence-electron chi connectivity index (χ4n) is 2.16. The average molecular weight is 412 g/mol. The predicted octanol–water partition coefficient (Wildman–Crippen LogP) is 0.884. The molecule has 0 saturated heterocycles. The number of nitrogens with one attached hydrogen (secondary N) is 2. The van der Waals surface area contributed by atoms with E-state index in [0.717, 1.165) is 35.9 Å². The highest BCUT2D eigenvalue weighted by atomic mass is 19.4. The van der Waals surface area contributed by atoms with Crippen molar-refractivity contribution in [2.24, 2.45) is 0 Å². The molecule has 2 N–H and O–H groups in total. The number of hydrogen-bond donors (Lipinski definition) is 2. The van der Waals surface area contributed by atoms with E-state index < -0.39 is 47.3 Å². The maximum atomic E-state index is 12.9. The molecule has 0 aliphatic carbocycles. The second-order valence-corrected chi connectivity index (χ2v) is 5.76. The number of ether oxygens (including phenoxy) is 1. The van der Waals surface area contributed by atoms with Crippen molar-refractivity contribution in [1.29, 1.82) is 0 Å². The number of carbonyl (C=O) groups is 3. The zero-order valence-electron chi connectivity index (χ0n) is 15.2. The van der Waals surface area contributed by atoms with Crippen LogP contribution in [0.5, 0.6) is 0 Å². The Morgan fingerprint density at radius 3 is 2.48 bits per heavy atom. The van der Waals surface area contributed by atoms with E-state index >= 15 is 0 Å². The molecule has 29 heavy (non-hydrogen) atoms. The third-order valence-electron chi connectivity index (χ3n) is 3.43. The summed E-state index contributed by atoms with van der Waals surface area (Å²) < 4.78 is 44.4. The molecule has 0 fully saturated rings. The van der Waals surface area contributed by atoms with Crippen LogP contribution in [0.4, 0.5) is 13.2 Å². The van der Waals surface area contributed by atoms with E-state index in [1.54, 1.807) is 0 Å². The molecule has 154 valence electrons. The Morgan fingerprint density at radius 1 is 1.17 bits per heavy atom. The van der Waals surface area contributed by atoms with Gasteiger partial charge in [0.25, 0.3) is 5.91 Å². The Bertz CT molecular complexity index is 1020. The number of esters is 1. The summed E-state index contributed by atoms with van der Waals surface area (Å²) in [5.74, 6) is -2.69. The van der Waals surface area contributed by atoms with Gasteiger partial charge in [0.2, 0.25) is 17.0 Å². The van der Waals surface area contributed by atoms with E-state index in [0.29, 0.717) is 0 Å². The van der Waals surface area contributed by atoms with Crippen molar-refractivity contribution < 1.29 is 32.3 Å². The van der Waals surface area contributed by atoms with Gasteiger partial charge in [-0.2, -0.15) is 18.3 Å². The lowest BCUT2D eigenvalue weighted by molar-refractivity contribution is -0.137. The SMILES string of the molecule is CC(=O)NNC(=O)COC(=O)c1nn(-c2cccc(C(F)(F)F)c2)c(C)cc1=O. The van der Waals surface area contributed by atoms with Crippen molar-refractivity contribution in [3.63, 3.8) is 0 Å². The highest BCUT2D eigenvalue weighted by molar-refractivity contribution is 5.89. The summed E-state index contributed by atoms with van der Waals surface area (Å²) in [5, 5.41) is 3.78. The fraction of sp³-hybridized carbons (Fsp3) is 0.235. The molecular formula is C17H15F3N4O5. The highest BCUT2D eigenvalue weighted by Gasteiger charge is 2.30. The minimum Gasteiger partial charge on any atom is -0.451 e. The molecule has 0 aliphatic rings. The molecular weight excluding hydrogens is 397 g/mol. The molecule has 2 rings (SSSR count). The van der Waals surface area contributed by atoms with Gasteiger partial charge in [0.15, 0.2) is 6.61 Å². The van der Waals surface area contributed by atoms with Gasteiger partial charge in [-0.3, -0.25) is 25.2 Å². The maximum absolute atomic E-state index is 12.9. The van der Waals surface area contributed by atoms with Gasteiger partial charge in [0.05, 0.1) is 11.3 Å². The molecule has 2 amide bonds. The Balaban J connectivity index is 2.28. The van der Waals surface area contributed by atoms with Crippen LogP contribution in [0, 0.1) is 6.92 Å². The van der Waals surface area contributed by atoms with Crippen LogP contribution < -0.4 is 16.3 Å². The second kappa shape index (κ2) is 8.54. The molecule has 2 aromatic rings. The third kappa shape index (κ3) is 5.64. The zero-order valence-corrected chi connectivity index (χ0v) is 15.2. The monoisotopic (exact) mass is 412 g/mol. The molecule has 0 spiro atoms.